The number of aromatic nitrogens is 8. The van der Waals surface area contributed by atoms with Crippen LogP contribution in [0.25, 0.3) is 95.2 Å². The first kappa shape index (κ1) is 31.3. The summed E-state index contributed by atoms with van der Waals surface area (Å²) in [5.41, 5.74) is 20.0. The SMILES string of the molecule is C1=C\CCc2c(c3c4nccc5c4n(c3n2-c2ccccc2)-c2cc(-c3ccccn3)cc3c2B5c2ccnc4c5c6cccnc6n(-c6ccccc6)c5n-3c24)\C=C/1. The van der Waals surface area contributed by atoms with Crippen LogP contribution in [0.2, 0.25) is 0 Å². The van der Waals surface area contributed by atoms with Gasteiger partial charge >= 0.3 is 0 Å². The molecule has 0 radical (unpaired) electrons. The highest BCUT2D eigenvalue weighted by Crippen LogP contribution is 2.45. The second-order valence-electron chi connectivity index (χ2n) is 15.7. The van der Waals surface area contributed by atoms with E-state index >= 15 is 0 Å². The van der Waals surface area contributed by atoms with E-state index < -0.39 is 0 Å². The van der Waals surface area contributed by atoms with Gasteiger partial charge in [0.05, 0.1) is 38.5 Å². The van der Waals surface area contributed by atoms with Crippen molar-refractivity contribution in [3.05, 3.63) is 170 Å². The summed E-state index contributed by atoms with van der Waals surface area (Å²) in [5, 5.41) is 3.36. The van der Waals surface area contributed by atoms with Crippen LogP contribution in [0.3, 0.4) is 0 Å². The molecule has 3 aromatic carbocycles. The molecule has 0 saturated carbocycles. The molecule has 59 heavy (non-hydrogen) atoms. The van der Waals surface area contributed by atoms with Crippen molar-refractivity contribution in [3.63, 3.8) is 0 Å². The van der Waals surface area contributed by atoms with Crippen LogP contribution in [0, 0.1) is 0 Å². The molecule has 0 saturated heterocycles. The molecule has 2 aliphatic heterocycles. The highest BCUT2D eigenvalue weighted by Gasteiger charge is 2.43. The lowest BCUT2D eigenvalue weighted by Gasteiger charge is -2.34. The van der Waals surface area contributed by atoms with Gasteiger partial charge in [-0.3, -0.25) is 33.2 Å². The number of allylic oxidation sites excluding steroid dienone is 3. The summed E-state index contributed by atoms with van der Waals surface area (Å²) in [7, 11) is 0. The minimum atomic E-state index is -0.0631. The van der Waals surface area contributed by atoms with Crippen molar-refractivity contribution in [2.45, 2.75) is 12.8 Å². The first-order valence-corrected chi connectivity index (χ1v) is 20.2. The minimum Gasteiger partial charge on any atom is -0.299 e. The fraction of sp³-hybridized carbons (Fsp3) is 0.0400. The molecule has 0 unspecified atom stereocenters. The Labute approximate surface area is 337 Å². The maximum absolute atomic E-state index is 5.28. The molecule has 0 spiro atoms. The van der Waals surface area contributed by atoms with Gasteiger partial charge in [0.15, 0.2) is 0 Å². The van der Waals surface area contributed by atoms with E-state index in [0.717, 1.165) is 96.6 Å². The second kappa shape index (κ2) is 11.4. The van der Waals surface area contributed by atoms with Crippen LogP contribution in [0.1, 0.15) is 17.7 Å². The Bertz CT molecular complexity index is 3660. The van der Waals surface area contributed by atoms with E-state index in [9.17, 15) is 0 Å². The fourth-order valence-corrected chi connectivity index (χ4v) is 10.6. The summed E-state index contributed by atoms with van der Waals surface area (Å²) >= 11 is 0. The Morgan fingerprint density at radius 2 is 1.20 bits per heavy atom. The number of hydrogen-bond acceptors (Lipinski definition) is 4. The molecule has 0 amide bonds. The Kier molecular flexibility index (Phi) is 6.06. The van der Waals surface area contributed by atoms with Gasteiger partial charge in [0.25, 0.3) is 6.71 Å². The largest absolute Gasteiger partial charge is 0.299 e. The molecule has 8 aromatic heterocycles. The van der Waals surface area contributed by atoms with E-state index in [1.807, 2.05) is 36.9 Å². The summed E-state index contributed by atoms with van der Waals surface area (Å²) in [5.74, 6) is 0. The number of pyridine rings is 4. The van der Waals surface area contributed by atoms with Gasteiger partial charge in [-0.1, -0.05) is 66.8 Å². The predicted molar refractivity (Wildman–Crippen MR) is 239 cm³/mol. The lowest BCUT2D eigenvalue weighted by molar-refractivity contribution is 0.882. The number of para-hydroxylation sites is 2. The van der Waals surface area contributed by atoms with Gasteiger partial charge < -0.3 is 0 Å². The smallest absolute Gasteiger partial charge is 0.252 e. The zero-order valence-corrected chi connectivity index (χ0v) is 31.7. The fourth-order valence-electron chi connectivity index (χ4n) is 10.6. The summed E-state index contributed by atoms with van der Waals surface area (Å²) in [6.07, 6.45) is 18.6. The number of nitrogens with zero attached hydrogens (tertiary/aromatic N) is 8. The van der Waals surface area contributed by atoms with Crippen LogP contribution >= 0.6 is 0 Å². The van der Waals surface area contributed by atoms with Gasteiger partial charge in [0.1, 0.15) is 16.9 Å². The van der Waals surface area contributed by atoms with Gasteiger partial charge in [0.2, 0.25) is 0 Å². The molecule has 9 heteroatoms. The van der Waals surface area contributed by atoms with Crippen molar-refractivity contribution in [2.75, 3.05) is 0 Å². The monoisotopic (exact) mass is 754 g/mol. The highest BCUT2D eigenvalue weighted by atomic mass is 15.2. The van der Waals surface area contributed by atoms with Crippen molar-refractivity contribution in [1.29, 1.82) is 0 Å². The average Bonchev–Trinajstić information content (AvgIpc) is 4.00. The predicted octanol–water partition coefficient (Wildman–Crippen LogP) is 8.52. The Morgan fingerprint density at radius 1 is 0.542 bits per heavy atom. The molecule has 0 N–H and O–H groups in total. The third-order valence-corrected chi connectivity index (χ3v) is 12.8. The zero-order valence-electron chi connectivity index (χ0n) is 31.7. The molecule has 0 fully saturated rings. The van der Waals surface area contributed by atoms with Gasteiger partial charge in [0, 0.05) is 69.7 Å². The average molecular weight is 755 g/mol. The Morgan fingerprint density at radius 3 is 1.92 bits per heavy atom. The van der Waals surface area contributed by atoms with Crippen molar-refractivity contribution in [1.82, 2.24) is 38.2 Å². The highest BCUT2D eigenvalue weighted by molar-refractivity contribution is 7.00. The second-order valence-corrected chi connectivity index (χ2v) is 15.7. The topological polar surface area (TPSA) is 71.3 Å². The van der Waals surface area contributed by atoms with Gasteiger partial charge in [-0.05, 0) is 102 Å². The number of rotatable bonds is 3. The van der Waals surface area contributed by atoms with Crippen molar-refractivity contribution < 1.29 is 0 Å². The number of fused-ring (bicyclic) bond motifs is 14. The van der Waals surface area contributed by atoms with E-state index in [2.05, 4.69) is 146 Å². The normalized spacial score (nSPS) is 14.9. The molecule has 8 nitrogen and oxygen atoms in total. The summed E-state index contributed by atoms with van der Waals surface area (Å²) in [6.45, 7) is -0.0631. The minimum absolute atomic E-state index is 0.0631. The Hall–Kier alpha value is -7.78. The Balaban J connectivity index is 1.22. The van der Waals surface area contributed by atoms with E-state index in [1.165, 1.54) is 33.0 Å². The van der Waals surface area contributed by atoms with Crippen LogP contribution in [0.5, 0.6) is 0 Å². The van der Waals surface area contributed by atoms with Crippen molar-refractivity contribution in [3.8, 4) is 34.0 Å². The zero-order chi connectivity index (χ0) is 38.3. The van der Waals surface area contributed by atoms with E-state index in [1.54, 1.807) is 0 Å². The first-order chi connectivity index (χ1) is 29.3. The van der Waals surface area contributed by atoms with Gasteiger partial charge in [-0.25, -0.2) is 4.98 Å². The van der Waals surface area contributed by atoms with Crippen molar-refractivity contribution in [2.24, 2.45) is 0 Å². The maximum Gasteiger partial charge on any atom is 0.252 e. The molecule has 274 valence electrons. The number of hydrogen-bond donors (Lipinski definition) is 0. The van der Waals surface area contributed by atoms with Crippen LogP contribution in [0.15, 0.2) is 158 Å². The summed E-state index contributed by atoms with van der Waals surface area (Å²) < 4.78 is 9.85. The van der Waals surface area contributed by atoms with Crippen LogP contribution in [-0.2, 0) is 6.42 Å². The molecular formula is C50H31BN8. The molecule has 0 bridgehead atoms. The lowest BCUT2D eigenvalue weighted by atomic mass is 9.34. The van der Waals surface area contributed by atoms with Gasteiger partial charge in [-0.15, -0.1) is 0 Å². The van der Waals surface area contributed by atoms with Crippen LogP contribution < -0.4 is 16.4 Å². The molecule has 14 rings (SSSR count). The molecular weight excluding hydrogens is 723 g/mol. The summed E-state index contributed by atoms with van der Waals surface area (Å²) in [6, 6.07) is 41.1. The van der Waals surface area contributed by atoms with Crippen molar-refractivity contribution >= 4 is 84.3 Å². The van der Waals surface area contributed by atoms with E-state index in [0.29, 0.717) is 0 Å². The van der Waals surface area contributed by atoms with Crippen LogP contribution in [-0.4, -0.2) is 44.9 Å². The molecule has 1 aliphatic carbocycles. The standard InChI is InChI=1S/C50H31BN8/c1-2-10-21-38-33(18-9-1)41-44-46-35(22-26-53-44)51-36-23-27-54-45-42-34-19-13-25-55-48(34)57(32-16-7-4-8-17-32)50(42)59(47(36)45)40-29-30(37-20-11-12-24-52-37)28-39(43(40)51)58(46)49(41)56(38)31-14-5-3-6-15-31/h1-9,11-20,22-29H,10,21H2/b2-1-,18-9-. The molecule has 11 aromatic rings. The maximum atomic E-state index is 5.28. The summed E-state index contributed by atoms with van der Waals surface area (Å²) in [4.78, 5) is 20.5. The molecule has 0 atom stereocenters. The van der Waals surface area contributed by atoms with E-state index in [4.69, 9.17) is 19.9 Å². The quantitative estimate of drug-likeness (QED) is 0.170. The number of benzene rings is 3. The van der Waals surface area contributed by atoms with Gasteiger partial charge in [-0.2, -0.15) is 0 Å². The first-order valence-electron chi connectivity index (χ1n) is 20.2. The molecule has 3 aliphatic rings. The van der Waals surface area contributed by atoms with Crippen LogP contribution in [0.4, 0.5) is 0 Å². The van der Waals surface area contributed by atoms with E-state index in [-0.39, 0.29) is 6.71 Å². The third kappa shape index (κ3) is 3.94. The lowest BCUT2D eigenvalue weighted by Crippen LogP contribution is -2.59. The third-order valence-electron chi connectivity index (χ3n) is 12.8. The molecule has 10 heterocycles.